The van der Waals surface area contributed by atoms with Crippen LogP contribution in [-0.4, -0.2) is 19.3 Å². The van der Waals surface area contributed by atoms with Crippen LogP contribution in [0.1, 0.15) is 12.5 Å². The highest BCUT2D eigenvalue weighted by Crippen LogP contribution is 2.21. The molecule has 0 amide bonds. The number of benzene rings is 1. The van der Waals surface area contributed by atoms with Crippen LogP contribution in [0.2, 0.25) is 0 Å². The van der Waals surface area contributed by atoms with Crippen molar-refractivity contribution in [3.8, 4) is 0 Å². The van der Waals surface area contributed by atoms with Gasteiger partial charge >= 0.3 is 0 Å². The van der Waals surface area contributed by atoms with Crippen molar-refractivity contribution in [1.29, 1.82) is 0 Å². The van der Waals surface area contributed by atoms with Crippen LogP contribution in [0.25, 0.3) is 0 Å². The van der Waals surface area contributed by atoms with E-state index < -0.39 is 0 Å². The van der Waals surface area contributed by atoms with Gasteiger partial charge < -0.3 is 10.5 Å². The predicted molar refractivity (Wildman–Crippen MR) is 62.3 cm³/mol. The maximum Gasteiger partial charge on any atom is 0.137 e. The van der Waals surface area contributed by atoms with Crippen LogP contribution in [0.4, 0.5) is 4.39 Å². The van der Waals surface area contributed by atoms with Gasteiger partial charge in [-0.3, -0.25) is 0 Å². The highest BCUT2D eigenvalue weighted by atomic mass is 79.9. The van der Waals surface area contributed by atoms with Crippen LogP contribution >= 0.6 is 15.9 Å². The van der Waals surface area contributed by atoms with E-state index in [1.54, 1.807) is 6.07 Å². The minimum Gasteiger partial charge on any atom is -0.380 e. The summed E-state index contributed by atoms with van der Waals surface area (Å²) < 4.78 is 18.9. The van der Waals surface area contributed by atoms with E-state index >= 15 is 0 Å². The van der Waals surface area contributed by atoms with Crippen molar-refractivity contribution in [3.63, 3.8) is 0 Å². The fraction of sp³-hybridized carbons (Fsp3) is 0.455. The molecule has 1 aromatic carbocycles. The Kier molecular flexibility index (Phi) is 5.22. The molecule has 0 spiro atoms. The highest BCUT2D eigenvalue weighted by molar-refractivity contribution is 9.10. The van der Waals surface area contributed by atoms with Crippen molar-refractivity contribution in [2.45, 2.75) is 19.4 Å². The molecule has 2 N–H and O–H groups in total. The van der Waals surface area contributed by atoms with Gasteiger partial charge in [0, 0.05) is 12.6 Å². The van der Waals surface area contributed by atoms with Crippen molar-refractivity contribution >= 4 is 15.9 Å². The molecule has 15 heavy (non-hydrogen) atoms. The molecule has 0 radical (unpaired) electrons. The van der Waals surface area contributed by atoms with E-state index in [2.05, 4.69) is 15.9 Å². The Hall–Kier alpha value is -0.450. The number of hydrogen-bond donors (Lipinski definition) is 1. The summed E-state index contributed by atoms with van der Waals surface area (Å²) in [4.78, 5) is 0. The van der Waals surface area contributed by atoms with Gasteiger partial charge in [0.25, 0.3) is 0 Å². The largest absolute Gasteiger partial charge is 0.380 e. The van der Waals surface area contributed by atoms with E-state index in [4.69, 9.17) is 10.5 Å². The minimum atomic E-state index is -0.254. The van der Waals surface area contributed by atoms with E-state index in [1.807, 2.05) is 13.0 Å². The second kappa shape index (κ2) is 6.20. The highest BCUT2D eigenvalue weighted by Gasteiger charge is 2.09. The van der Waals surface area contributed by atoms with Crippen LogP contribution in [0.5, 0.6) is 0 Å². The van der Waals surface area contributed by atoms with E-state index in [-0.39, 0.29) is 11.9 Å². The predicted octanol–water partition coefficient (Wildman–Crippen LogP) is 2.49. The third-order valence-corrected chi connectivity index (χ3v) is 2.94. The summed E-state index contributed by atoms with van der Waals surface area (Å²) >= 11 is 3.21. The zero-order valence-corrected chi connectivity index (χ0v) is 10.3. The van der Waals surface area contributed by atoms with Gasteiger partial charge in [-0.15, -0.1) is 0 Å². The molecule has 0 aliphatic heterocycles. The minimum absolute atomic E-state index is 0.0944. The molecule has 4 heteroatoms. The van der Waals surface area contributed by atoms with Gasteiger partial charge in [-0.25, -0.2) is 4.39 Å². The normalized spacial score (nSPS) is 12.8. The van der Waals surface area contributed by atoms with Crippen molar-refractivity contribution < 1.29 is 9.13 Å². The van der Waals surface area contributed by atoms with Gasteiger partial charge in [-0.2, -0.15) is 0 Å². The molecule has 1 aromatic rings. The van der Waals surface area contributed by atoms with E-state index in [9.17, 15) is 4.39 Å². The van der Waals surface area contributed by atoms with Crippen molar-refractivity contribution in [2.24, 2.45) is 5.73 Å². The molecule has 1 rings (SSSR count). The maximum absolute atomic E-state index is 13.2. The van der Waals surface area contributed by atoms with Crippen LogP contribution in [-0.2, 0) is 11.2 Å². The fourth-order valence-corrected chi connectivity index (χ4v) is 1.74. The Balaban J connectivity index is 2.60. The SMILES string of the molecule is CCOCC(N)Cc1cccc(F)c1Br. The first-order valence-electron chi connectivity index (χ1n) is 4.91. The Bertz CT molecular complexity index is 319. The summed E-state index contributed by atoms with van der Waals surface area (Å²) in [7, 11) is 0. The lowest BCUT2D eigenvalue weighted by molar-refractivity contribution is 0.133. The fourth-order valence-electron chi connectivity index (χ4n) is 1.32. The standard InChI is InChI=1S/C11H15BrFNO/c1-2-15-7-9(14)6-8-4-3-5-10(13)11(8)12/h3-5,9H,2,6-7,14H2,1H3. The Morgan fingerprint density at radius 2 is 2.27 bits per heavy atom. The summed E-state index contributed by atoms with van der Waals surface area (Å²) in [6.07, 6.45) is 0.609. The Labute approximate surface area is 97.7 Å². The van der Waals surface area contributed by atoms with Gasteiger partial charge in [0.1, 0.15) is 5.82 Å². The number of hydrogen-bond acceptors (Lipinski definition) is 2. The summed E-state index contributed by atoms with van der Waals surface area (Å²) in [6, 6.07) is 4.87. The summed E-state index contributed by atoms with van der Waals surface area (Å²) in [6.45, 7) is 3.07. The van der Waals surface area contributed by atoms with Crippen molar-refractivity contribution in [3.05, 3.63) is 34.1 Å². The first kappa shape index (κ1) is 12.6. The molecular weight excluding hydrogens is 261 g/mol. The number of nitrogens with two attached hydrogens (primary N) is 1. The van der Waals surface area contributed by atoms with Crippen molar-refractivity contribution in [2.75, 3.05) is 13.2 Å². The topological polar surface area (TPSA) is 35.2 Å². The quantitative estimate of drug-likeness (QED) is 0.896. The van der Waals surface area contributed by atoms with Crippen LogP contribution < -0.4 is 5.73 Å². The second-order valence-electron chi connectivity index (χ2n) is 3.34. The lowest BCUT2D eigenvalue weighted by Crippen LogP contribution is -2.28. The van der Waals surface area contributed by atoms with Crippen LogP contribution in [0.15, 0.2) is 22.7 Å². The third kappa shape index (κ3) is 3.89. The molecule has 1 unspecified atom stereocenters. The molecule has 0 aliphatic carbocycles. The smallest absolute Gasteiger partial charge is 0.137 e. The Morgan fingerprint density at radius 1 is 1.53 bits per heavy atom. The van der Waals surface area contributed by atoms with Gasteiger partial charge in [-0.1, -0.05) is 12.1 Å². The summed E-state index contributed by atoms with van der Waals surface area (Å²) in [5.41, 5.74) is 6.72. The zero-order chi connectivity index (χ0) is 11.3. The van der Waals surface area contributed by atoms with E-state index in [0.717, 1.165) is 5.56 Å². The average molecular weight is 276 g/mol. The molecule has 84 valence electrons. The van der Waals surface area contributed by atoms with Crippen LogP contribution in [0.3, 0.4) is 0 Å². The lowest BCUT2D eigenvalue weighted by Gasteiger charge is -2.12. The number of halogens is 2. The third-order valence-electron chi connectivity index (χ3n) is 2.05. The number of rotatable bonds is 5. The summed E-state index contributed by atoms with van der Waals surface area (Å²) in [5.74, 6) is -0.254. The number of ether oxygens (including phenoxy) is 1. The molecule has 0 saturated heterocycles. The molecule has 1 atom stereocenters. The average Bonchev–Trinajstić information content (AvgIpc) is 2.22. The van der Waals surface area contributed by atoms with Gasteiger partial charge in [0.05, 0.1) is 11.1 Å². The molecular formula is C11H15BrFNO. The lowest BCUT2D eigenvalue weighted by atomic mass is 10.1. The van der Waals surface area contributed by atoms with E-state index in [1.165, 1.54) is 6.07 Å². The summed E-state index contributed by atoms with van der Waals surface area (Å²) in [5, 5.41) is 0. The monoisotopic (exact) mass is 275 g/mol. The Morgan fingerprint density at radius 3 is 2.93 bits per heavy atom. The molecule has 0 aliphatic rings. The zero-order valence-electron chi connectivity index (χ0n) is 8.67. The van der Waals surface area contributed by atoms with Crippen molar-refractivity contribution in [1.82, 2.24) is 0 Å². The molecule has 0 bridgehead atoms. The molecule has 0 aromatic heterocycles. The van der Waals surface area contributed by atoms with Gasteiger partial charge in [0.2, 0.25) is 0 Å². The maximum atomic E-state index is 13.2. The molecule has 0 fully saturated rings. The molecule has 0 heterocycles. The first-order valence-corrected chi connectivity index (χ1v) is 5.70. The first-order chi connectivity index (χ1) is 7.15. The second-order valence-corrected chi connectivity index (χ2v) is 4.13. The van der Waals surface area contributed by atoms with Gasteiger partial charge in [0.15, 0.2) is 0 Å². The van der Waals surface area contributed by atoms with Crippen LogP contribution in [0, 0.1) is 5.82 Å². The molecule has 0 saturated carbocycles. The molecule has 2 nitrogen and oxygen atoms in total. The van der Waals surface area contributed by atoms with Gasteiger partial charge in [-0.05, 0) is 40.9 Å². The van der Waals surface area contributed by atoms with E-state index in [0.29, 0.717) is 24.1 Å².